The van der Waals surface area contributed by atoms with Gasteiger partial charge in [0.25, 0.3) is 0 Å². The van der Waals surface area contributed by atoms with E-state index in [1.54, 1.807) is 36.7 Å². The Labute approximate surface area is 163 Å². The maximum Gasteiger partial charge on any atom is 0.352 e. The fraction of sp³-hybridized carbons (Fsp3) is 0.316. The summed E-state index contributed by atoms with van der Waals surface area (Å²) in [6.07, 6.45) is 6.36. The third kappa shape index (κ3) is 2.54. The summed E-state index contributed by atoms with van der Waals surface area (Å²) in [5.41, 5.74) is 2.10. The Bertz CT molecular complexity index is 1270. The molecule has 0 unspecified atom stereocenters. The molecule has 0 aromatic carbocycles. The molecule has 28 heavy (non-hydrogen) atoms. The van der Waals surface area contributed by atoms with Crippen LogP contribution in [-0.2, 0) is 28.9 Å². The zero-order chi connectivity index (χ0) is 19.3. The smallest absolute Gasteiger partial charge is 0.352 e. The molecule has 0 saturated carbocycles. The summed E-state index contributed by atoms with van der Waals surface area (Å²) < 4.78 is 7.83. The second kappa shape index (κ2) is 6.52. The predicted octanol–water partition coefficient (Wildman–Crippen LogP) is 2.22. The van der Waals surface area contributed by atoms with Crippen LogP contribution in [-0.4, -0.2) is 36.7 Å². The number of thiophene rings is 1. The molecule has 0 atom stereocenters. The predicted molar refractivity (Wildman–Crippen MR) is 105 cm³/mol. The minimum absolute atomic E-state index is 0.138. The lowest BCUT2D eigenvalue weighted by atomic mass is 10.2. The number of ether oxygens (including phenoxy) is 1. The van der Waals surface area contributed by atoms with Crippen LogP contribution in [0.1, 0.15) is 23.8 Å². The Balaban J connectivity index is 1.81. The van der Waals surface area contributed by atoms with Crippen LogP contribution < -0.4 is 5.69 Å². The van der Waals surface area contributed by atoms with Crippen molar-refractivity contribution in [1.29, 1.82) is 0 Å². The van der Waals surface area contributed by atoms with Gasteiger partial charge < -0.3 is 4.74 Å². The molecule has 0 bridgehead atoms. The summed E-state index contributed by atoms with van der Waals surface area (Å²) in [4.78, 5) is 36.1. The third-order valence-corrected chi connectivity index (χ3v) is 6.22. The van der Waals surface area contributed by atoms with Crippen LogP contribution in [0.5, 0.6) is 0 Å². The highest BCUT2D eigenvalue weighted by molar-refractivity contribution is 7.19. The van der Waals surface area contributed by atoms with Crippen LogP contribution in [0.3, 0.4) is 0 Å². The molecule has 1 aliphatic rings. The first-order valence-electron chi connectivity index (χ1n) is 9.17. The largest absolute Gasteiger partial charge is 0.465 e. The number of hydrogen-bond donors (Lipinski definition) is 0. The molecule has 1 aliphatic carbocycles. The van der Waals surface area contributed by atoms with Crippen LogP contribution in [0.15, 0.2) is 29.3 Å². The highest BCUT2D eigenvalue weighted by Crippen LogP contribution is 2.38. The Kier molecular flexibility index (Phi) is 3.97. The molecule has 0 radical (unpaired) electrons. The molecule has 0 N–H and O–H groups in total. The molecule has 4 aromatic heterocycles. The van der Waals surface area contributed by atoms with E-state index in [9.17, 15) is 9.59 Å². The summed E-state index contributed by atoms with van der Waals surface area (Å²) in [5, 5.41) is 5.36. The fourth-order valence-corrected chi connectivity index (χ4v) is 5.09. The Hall–Kier alpha value is -3.07. The van der Waals surface area contributed by atoms with Gasteiger partial charge in [-0.3, -0.25) is 14.3 Å². The van der Waals surface area contributed by atoms with E-state index in [1.807, 2.05) is 6.07 Å². The molecular weight excluding hydrogens is 378 g/mol. The van der Waals surface area contributed by atoms with Crippen molar-refractivity contribution >= 4 is 33.2 Å². The zero-order valence-corrected chi connectivity index (χ0v) is 16.0. The molecular formula is C19H17N5O3S. The van der Waals surface area contributed by atoms with Crippen molar-refractivity contribution < 1.29 is 9.53 Å². The lowest BCUT2D eigenvalue weighted by molar-refractivity contribution is -0.143. The van der Waals surface area contributed by atoms with Gasteiger partial charge in [-0.2, -0.15) is 4.52 Å². The first-order valence-corrected chi connectivity index (χ1v) is 9.99. The molecule has 5 rings (SSSR count). The lowest BCUT2D eigenvalue weighted by Gasteiger charge is -2.08. The maximum absolute atomic E-state index is 13.2. The molecule has 0 spiro atoms. The molecule has 4 heterocycles. The molecule has 0 fully saturated rings. The van der Waals surface area contributed by atoms with E-state index in [1.165, 1.54) is 19.5 Å². The topological polar surface area (TPSA) is 91.4 Å². The summed E-state index contributed by atoms with van der Waals surface area (Å²) in [5.74, 6) is 0.00439. The minimum atomic E-state index is -0.439. The number of pyridine rings is 1. The lowest BCUT2D eigenvalue weighted by Crippen LogP contribution is -2.30. The average molecular weight is 395 g/mol. The van der Waals surface area contributed by atoms with Gasteiger partial charge in [-0.15, -0.1) is 16.4 Å². The standard InChI is InChI=1S/C19H17N5O3S/c1-2-27-14(25)10-23-18-15(12-6-3-7-13(12)28-18)17-21-16(22-24(17)19(23)26)11-5-4-8-20-9-11/h4-5,8-9H,2-3,6-7,10H2,1H3. The SMILES string of the molecule is CCOC(=O)Cn1c(=O)n2nc(-c3cccnc3)nc2c2c3c(sc21)CCC3. The van der Waals surface area contributed by atoms with E-state index >= 15 is 0 Å². The number of nitrogens with zero attached hydrogens (tertiary/aromatic N) is 5. The van der Waals surface area contributed by atoms with Gasteiger partial charge in [-0.05, 0) is 43.9 Å². The van der Waals surface area contributed by atoms with E-state index in [2.05, 4.69) is 15.1 Å². The number of carbonyl (C=O) groups is 1. The van der Waals surface area contributed by atoms with Crippen LogP contribution in [0, 0.1) is 0 Å². The van der Waals surface area contributed by atoms with E-state index in [4.69, 9.17) is 4.74 Å². The van der Waals surface area contributed by atoms with E-state index in [-0.39, 0.29) is 13.2 Å². The van der Waals surface area contributed by atoms with Gasteiger partial charge in [0.05, 0.1) is 12.0 Å². The summed E-state index contributed by atoms with van der Waals surface area (Å²) >= 11 is 1.57. The molecule has 142 valence electrons. The normalized spacial score (nSPS) is 13.3. The summed E-state index contributed by atoms with van der Waals surface area (Å²) in [6, 6.07) is 3.66. The Morgan fingerprint density at radius 3 is 3.04 bits per heavy atom. The first-order chi connectivity index (χ1) is 13.7. The van der Waals surface area contributed by atoms with Crippen molar-refractivity contribution in [2.24, 2.45) is 0 Å². The summed E-state index contributed by atoms with van der Waals surface area (Å²) in [6.45, 7) is 1.88. The minimum Gasteiger partial charge on any atom is -0.465 e. The zero-order valence-electron chi connectivity index (χ0n) is 15.2. The highest BCUT2D eigenvalue weighted by Gasteiger charge is 2.26. The van der Waals surface area contributed by atoms with Crippen molar-refractivity contribution in [3.63, 3.8) is 0 Å². The molecule has 8 nitrogen and oxygen atoms in total. The van der Waals surface area contributed by atoms with Crippen LogP contribution in [0.2, 0.25) is 0 Å². The monoisotopic (exact) mass is 395 g/mol. The molecule has 4 aromatic rings. The Morgan fingerprint density at radius 1 is 1.36 bits per heavy atom. The van der Waals surface area contributed by atoms with Gasteiger partial charge in [-0.1, -0.05) is 0 Å². The fourth-order valence-electron chi connectivity index (χ4n) is 3.71. The quantitative estimate of drug-likeness (QED) is 0.492. The van der Waals surface area contributed by atoms with Crippen molar-refractivity contribution in [2.75, 3.05) is 6.61 Å². The number of esters is 1. The average Bonchev–Trinajstić information content (AvgIpc) is 3.40. The second-order valence-electron chi connectivity index (χ2n) is 6.62. The summed E-state index contributed by atoms with van der Waals surface area (Å²) in [7, 11) is 0. The van der Waals surface area contributed by atoms with Crippen molar-refractivity contribution in [2.45, 2.75) is 32.7 Å². The molecule has 0 amide bonds. The van der Waals surface area contributed by atoms with Gasteiger partial charge >= 0.3 is 11.7 Å². The second-order valence-corrected chi connectivity index (χ2v) is 7.71. The van der Waals surface area contributed by atoms with Gasteiger partial charge in [0.15, 0.2) is 11.5 Å². The maximum atomic E-state index is 13.2. The number of fused-ring (bicyclic) bond motifs is 5. The van der Waals surface area contributed by atoms with Gasteiger partial charge in [0.2, 0.25) is 0 Å². The van der Waals surface area contributed by atoms with Crippen molar-refractivity contribution in [1.82, 2.24) is 24.1 Å². The number of carbonyl (C=O) groups excluding carboxylic acids is 1. The van der Waals surface area contributed by atoms with E-state index in [0.717, 1.165) is 35.0 Å². The first kappa shape index (κ1) is 17.1. The van der Waals surface area contributed by atoms with Gasteiger partial charge in [0, 0.05) is 22.8 Å². The highest BCUT2D eigenvalue weighted by atomic mass is 32.1. The number of rotatable bonds is 4. The number of hydrogen-bond acceptors (Lipinski definition) is 7. The third-order valence-electron chi connectivity index (χ3n) is 4.90. The molecule has 0 saturated heterocycles. The van der Waals surface area contributed by atoms with E-state index < -0.39 is 11.7 Å². The van der Waals surface area contributed by atoms with Crippen LogP contribution >= 0.6 is 11.3 Å². The number of aryl methyl sites for hydroxylation is 2. The van der Waals surface area contributed by atoms with Crippen molar-refractivity contribution in [3.8, 4) is 11.4 Å². The van der Waals surface area contributed by atoms with Crippen LogP contribution in [0.25, 0.3) is 27.3 Å². The van der Waals surface area contributed by atoms with Gasteiger partial charge in [-0.25, -0.2) is 9.78 Å². The molecule has 9 heteroatoms. The molecule has 0 aliphatic heterocycles. The Morgan fingerprint density at radius 2 is 2.25 bits per heavy atom. The van der Waals surface area contributed by atoms with Crippen molar-refractivity contribution in [3.05, 3.63) is 45.5 Å². The van der Waals surface area contributed by atoms with E-state index in [0.29, 0.717) is 11.5 Å². The van der Waals surface area contributed by atoms with Gasteiger partial charge in [0.1, 0.15) is 11.4 Å². The number of aromatic nitrogens is 5. The van der Waals surface area contributed by atoms with Crippen LogP contribution in [0.4, 0.5) is 0 Å².